The number of carbonyl (C=O) groups excluding carboxylic acids is 1. The molecule has 0 radical (unpaired) electrons. The number of nitrogens with one attached hydrogen (secondary N) is 1. The molecule has 1 amide bonds. The first kappa shape index (κ1) is 18.8. The molecular formula is C21H22N4OS. The summed E-state index contributed by atoms with van der Waals surface area (Å²) in [7, 11) is 0. The molecule has 3 rings (SSSR count). The number of nitrogens with two attached hydrogens (primary N) is 1. The molecule has 5 nitrogen and oxygen atoms in total. The van der Waals surface area contributed by atoms with Gasteiger partial charge in [0.1, 0.15) is 4.64 Å². The van der Waals surface area contributed by atoms with E-state index in [9.17, 15) is 4.79 Å². The van der Waals surface area contributed by atoms with Crippen LogP contribution < -0.4 is 10.6 Å². The summed E-state index contributed by atoms with van der Waals surface area (Å²) in [5, 5.41) is 0. The van der Waals surface area contributed by atoms with Gasteiger partial charge >= 0.3 is 0 Å². The van der Waals surface area contributed by atoms with Crippen molar-refractivity contribution in [3.8, 4) is 0 Å². The van der Waals surface area contributed by atoms with Gasteiger partial charge in [-0.3, -0.25) is 4.79 Å². The number of anilines is 2. The highest BCUT2D eigenvalue weighted by molar-refractivity contribution is 7.71. The fourth-order valence-corrected chi connectivity index (χ4v) is 3.39. The molecule has 3 aromatic rings. The number of H-pyrrole nitrogens is 1. The van der Waals surface area contributed by atoms with Crippen LogP contribution in [0.4, 0.5) is 11.6 Å². The number of carbonyl (C=O) groups is 1. The zero-order valence-corrected chi connectivity index (χ0v) is 16.0. The standard InChI is InChI=1S/C21H22N4OS/c1-15-18(19(27)24-21(22)23-15)13-8-14-25(17-11-6-3-7-12-17)20(26)16-9-4-2-5-10-16/h2-7,9-12H,8,13-14H2,1H3,(H3,22,23,24,27). The molecule has 0 bridgehead atoms. The van der Waals surface area contributed by atoms with Gasteiger partial charge in [0.05, 0.1) is 0 Å². The summed E-state index contributed by atoms with van der Waals surface area (Å²) in [5.74, 6) is 0.311. The first-order chi connectivity index (χ1) is 13.1. The molecule has 1 aromatic heterocycles. The van der Waals surface area contributed by atoms with Crippen LogP contribution >= 0.6 is 12.2 Å². The van der Waals surface area contributed by atoms with E-state index in [2.05, 4.69) is 9.97 Å². The molecule has 138 valence electrons. The first-order valence-electron chi connectivity index (χ1n) is 8.83. The van der Waals surface area contributed by atoms with Crippen molar-refractivity contribution in [2.24, 2.45) is 0 Å². The van der Waals surface area contributed by atoms with Crippen molar-refractivity contribution >= 4 is 29.8 Å². The molecule has 0 fully saturated rings. The average molecular weight is 379 g/mol. The molecule has 0 atom stereocenters. The van der Waals surface area contributed by atoms with Crippen LogP contribution in [0.25, 0.3) is 0 Å². The predicted octanol–water partition coefficient (Wildman–Crippen LogP) is 4.31. The van der Waals surface area contributed by atoms with E-state index in [-0.39, 0.29) is 5.91 Å². The second-order valence-electron chi connectivity index (χ2n) is 6.29. The maximum atomic E-state index is 13.0. The van der Waals surface area contributed by atoms with Gasteiger partial charge in [-0.2, -0.15) is 0 Å². The van der Waals surface area contributed by atoms with Crippen molar-refractivity contribution in [2.75, 3.05) is 17.2 Å². The highest BCUT2D eigenvalue weighted by Crippen LogP contribution is 2.19. The van der Waals surface area contributed by atoms with Gasteiger partial charge in [-0.15, -0.1) is 0 Å². The monoisotopic (exact) mass is 378 g/mol. The van der Waals surface area contributed by atoms with E-state index in [1.54, 1.807) is 0 Å². The van der Waals surface area contributed by atoms with Gasteiger partial charge in [0, 0.05) is 29.1 Å². The Bertz CT molecular complexity index is 970. The van der Waals surface area contributed by atoms with Crippen molar-refractivity contribution in [3.63, 3.8) is 0 Å². The molecule has 27 heavy (non-hydrogen) atoms. The lowest BCUT2D eigenvalue weighted by molar-refractivity contribution is 0.0986. The second-order valence-corrected chi connectivity index (χ2v) is 6.68. The van der Waals surface area contributed by atoms with Crippen molar-refractivity contribution in [3.05, 3.63) is 82.1 Å². The van der Waals surface area contributed by atoms with Crippen LogP contribution in [-0.4, -0.2) is 22.4 Å². The SMILES string of the molecule is Cc1[nH]c(N)nc(=S)c1CCCN(C(=O)c1ccccc1)c1ccccc1. The molecule has 0 aliphatic carbocycles. The number of aryl methyl sites for hydroxylation is 1. The summed E-state index contributed by atoms with van der Waals surface area (Å²) in [6, 6.07) is 19.0. The van der Waals surface area contributed by atoms with Gasteiger partial charge in [0.2, 0.25) is 0 Å². The van der Waals surface area contributed by atoms with Crippen molar-refractivity contribution in [1.29, 1.82) is 0 Å². The van der Waals surface area contributed by atoms with Gasteiger partial charge in [-0.05, 0) is 44.0 Å². The third-order valence-electron chi connectivity index (χ3n) is 4.39. The number of para-hydroxylation sites is 1. The van der Waals surface area contributed by atoms with Gasteiger partial charge < -0.3 is 15.6 Å². The number of hydrogen-bond acceptors (Lipinski definition) is 4. The number of amides is 1. The number of aromatic nitrogens is 2. The van der Waals surface area contributed by atoms with Crippen LogP contribution in [0.1, 0.15) is 28.0 Å². The highest BCUT2D eigenvalue weighted by atomic mass is 32.1. The molecule has 0 aliphatic heterocycles. The minimum atomic E-state index is -0.0147. The molecule has 6 heteroatoms. The summed E-state index contributed by atoms with van der Waals surface area (Å²) < 4.78 is 0.518. The fraction of sp³-hybridized carbons (Fsp3) is 0.190. The molecule has 2 aromatic carbocycles. The molecule has 0 unspecified atom stereocenters. The molecule has 0 saturated heterocycles. The van der Waals surface area contributed by atoms with E-state index in [0.29, 0.717) is 22.7 Å². The number of benzene rings is 2. The Morgan fingerprint density at radius 2 is 1.74 bits per heavy atom. The minimum absolute atomic E-state index is 0.0147. The summed E-state index contributed by atoms with van der Waals surface area (Å²) >= 11 is 5.34. The normalized spacial score (nSPS) is 10.6. The van der Waals surface area contributed by atoms with Crippen molar-refractivity contribution < 1.29 is 4.79 Å². The molecular weight excluding hydrogens is 356 g/mol. The van der Waals surface area contributed by atoms with E-state index >= 15 is 0 Å². The number of nitrogens with zero attached hydrogens (tertiary/aromatic N) is 2. The summed E-state index contributed by atoms with van der Waals surface area (Å²) in [6.07, 6.45) is 1.48. The van der Waals surface area contributed by atoms with Crippen LogP contribution in [0, 0.1) is 11.6 Å². The smallest absolute Gasteiger partial charge is 0.258 e. The Labute approximate surface area is 163 Å². The number of rotatable bonds is 6. The van der Waals surface area contributed by atoms with Crippen molar-refractivity contribution in [1.82, 2.24) is 9.97 Å². The Morgan fingerprint density at radius 1 is 1.11 bits per heavy atom. The summed E-state index contributed by atoms with van der Waals surface area (Å²) in [4.78, 5) is 22.0. The van der Waals surface area contributed by atoms with Gasteiger partial charge in [0.15, 0.2) is 5.95 Å². The van der Waals surface area contributed by atoms with Crippen LogP contribution in [0.3, 0.4) is 0 Å². The van der Waals surface area contributed by atoms with E-state index < -0.39 is 0 Å². The van der Waals surface area contributed by atoms with Gasteiger partial charge in [-0.25, -0.2) is 4.98 Å². The van der Waals surface area contributed by atoms with E-state index in [0.717, 1.165) is 29.8 Å². The van der Waals surface area contributed by atoms with Crippen LogP contribution in [0.15, 0.2) is 60.7 Å². The molecule has 0 spiro atoms. The lowest BCUT2D eigenvalue weighted by atomic mass is 10.1. The molecule has 0 saturated carbocycles. The Balaban J connectivity index is 1.79. The average Bonchev–Trinajstić information content (AvgIpc) is 2.68. The topological polar surface area (TPSA) is 75.0 Å². The quantitative estimate of drug-likeness (QED) is 0.627. The maximum Gasteiger partial charge on any atom is 0.258 e. The Kier molecular flexibility index (Phi) is 5.98. The van der Waals surface area contributed by atoms with Crippen molar-refractivity contribution in [2.45, 2.75) is 19.8 Å². The largest absolute Gasteiger partial charge is 0.369 e. The van der Waals surface area contributed by atoms with E-state index in [1.165, 1.54) is 0 Å². The lowest BCUT2D eigenvalue weighted by Crippen LogP contribution is -2.32. The van der Waals surface area contributed by atoms with Gasteiger partial charge in [-0.1, -0.05) is 48.6 Å². The maximum absolute atomic E-state index is 13.0. The van der Waals surface area contributed by atoms with E-state index in [4.69, 9.17) is 18.0 Å². The third kappa shape index (κ3) is 4.60. The lowest BCUT2D eigenvalue weighted by Gasteiger charge is -2.23. The number of nitrogen functional groups attached to an aromatic ring is 1. The first-order valence-corrected chi connectivity index (χ1v) is 9.24. The zero-order valence-electron chi connectivity index (χ0n) is 15.2. The number of hydrogen-bond donors (Lipinski definition) is 2. The van der Waals surface area contributed by atoms with Gasteiger partial charge in [0.25, 0.3) is 5.91 Å². The minimum Gasteiger partial charge on any atom is -0.369 e. The Morgan fingerprint density at radius 3 is 2.37 bits per heavy atom. The second kappa shape index (κ2) is 8.60. The van der Waals surface area contributed by atoms with Crippen LogP contribution in [0.5, 0.6) is 0 Å². The third-order valence-corrected chi connectivity index (χ3v) is 4.73. The molecule has 3 N–H and O–H groups in total. The molecule has 1 heterocycles. The number of aromatic amines is 1. The fourth-order valence-electron chi connectivity index (χ4n) is 3.03. The van der Waals surface area contributed by atoms with E-state index in [1.807, 2.05) is 72.5 Å². The van der Waals surface area contributed by atoms with Crippen LogP contribution in [0.2, 0.25) is 0 Å². The van der Waals surface area contributed by atoms with Crippen LogP contribution in [-0.2, 0) is 6.42 Å². The molecule has 0 aliphatic rings. The zero-order chi connectivity index (χ0) is 19.2. The summed E-state index contributed by atoms with van der Waals surface area (Å²) in [5.41, 5.74) is 9.14. The highest BCUT2D eigenvalue weighted by Gasteiger charge is 2.17. The summed E-state index contributed by atoms with van der Waals surface area (Å²) in [6.45, 7) is 2.52. The predicted molar refractivity (Wildman–Crippen MR) is 111 cm³/mol. The Hall–Kier alpha value is -2.99.